The molecule has 0 saturated heterocycles. The molecule has 3 heteroatoms. The summed E-state index contributed by atoms with van der Waals surface area (Å²) in [4.78, 5) is 11.8. The van der Waals surface area contributed by atoms with Crippen LogP contribution in [0.15, 0.2) is 26.0 Å². The van der Waals surface area contributed by atoms with Gasteiger partial charge in [0.15, 0.2) is 0 Å². The van der Waals surface area contributed by atoms with Crippen LogP contribution in [0.5, 0.6) is 0 Å². The van der Waals surface area contributed by atoms with Gasteiger partial charge in [-0.3, -0.25) is 0 Å². The second kappa shape index (κ2) is 3.48. The number of fused-ring (bicyclic) bond motifs is 2. The van der Waals surface area contributed by atoms with Crippen molar-refractivity contribution in [3.63, 3.8) is 0 Å². The molecule has 0 bridgehead atoms. The zero-order valence-electron chi connectivity index (χ0n) is 10.9. The summed E-state index contributed by atoms with van der Waals surface area (Å²) in [6, 6.07) is 2.04. The van der Waals surface area contributed by atoms with Crippen LogP contribution in [0, 0.1) is 27.7 Å². The van der Waals surface area contributed by atoms with Gasteiger partial charge in [0, 0.05) is 21.9 Å². The van der Waals surface area contributed by atoms with Crippen LogP contribution in [0.3, 0.4) is 0 Å². The van der Waals surface area contributed by atoms with E-state index in [1.165, 1.54) is 0 Å². The highest BCUT2D eigenvalue weighted by molar-refractivity contribution is 5.99. The third kappa shape index (κ3) is 1.27. The van der Waals surface area contributed by atoms with Gasteiger partial charge in [-0.2, -0.15) is 0 Å². The molecule has 0 atom stereocenters. The molecule has 2 heterocycles. The highest BCUT2D eigenvalue weighted by Crippen LogP contribution is 2.32. The summed E-state index contributed by atoms with van der Waals surface area (Å²) in [7, 11) is 0. The van der Waals surface area contributed by atoms with E-state index in [0.717, 1.165) is 33.0 Å². The predicted octanol–water partition coefficient (Wildman–Crippen LogP) is 3.77. The molecule has 0 fully saturated rings. The largest absolute Gasteiger partial charge is 0.464 e. The Balaban J connectivity index is 2.66. The van der Waals surface area contributed by atoms with E-state index in [0.29, 0.717) is 11.1 Å². The lowest BCUT2D eigenvalue weighted by atomic mass is 10.0. The molecule has 3 nitrogen and oxygen atoms in total. The molecule has 0 spiro atoms. The topological polar surface area (TPSA) is 43.4 Å². The maximum absolute atomic E-state index is 11.8. The number of hydrogen-bond acceptors (Lipinski definition) is 3. The number of hydrogen-bond donors (Lipinski definition) is 0. The van der Waals surface area contributed by atoms with Crippen LogP contribution < -0.4 is 5.63 Å². The summed E-state index contributed by atoms with van der Waals surface area (Å²) in [5, 5.41) is 2.07. The standard InChI is InChI=1S/C15H14O3/c1-7-6-17-13-10(4)14-12(5-11(7)13)8(2)9(3)15(16)18-14/h5-6H,1-4H3. The first-order valence-electron chi connectivity index (χ1n) is 5.92. The Hall–Kier alpha value is -2.03. The maximum Gasteiger partial charge on any atom is 0.339 e. The molecular weight excluding hydrogens is 228 g/mol. The van der Waals surface area contributed by atoms with Gasteiger partial charge in [-0.1, -0.05) is 0 Å². The minimum Gasteiger partial charge on any atom is -0.464 e. The van der Waals surface area contributed by atoms with E-state index >= 15 is 0 Å². The van der Waals surface area contributed by atoms with Gasteiger partial charge in [0.1, 0.15) is 11.2 Å². The smallest absolute Gasteiger partial charge is 0.339 e. The van der Waals surface area contributed by atoms with Crippen molar-refractivity contribution in [1.29, 1.82) is 0 Å². The lowest BCUT2D eigenvalue weighted by Gasteiger charge is -2.07. The first kappa shape index (κ1) is 11.1. The molecule has 0 saturated carbocycles. The fourth-order valence-corrected chi connectivity index (χ4v) is 2.37. The van der Waals surface area contributed by atoms with Crippen molar-refractivity contribution in [3.05, 3.63) is 45.0 Å². The van der Waals surface area contributed by atoms with Crippen LogP contribution in [-0.2, 0) is 0 Å². The molecular formula is C15H14O3. The van der Waals surface area contributed by atoms with E-state index in [2.05, 4.69) is 0 Å². The Bertz CT molecular complexity index is 834. The van der Waals surface area contributed by atoms with Crippen LogP contribution in [0.2, 0.25) is 0 Å². The Kier molecular flexibility index (Phi) is 2.14. The summed E-state index contributed by atoms with van der Waals surface area (Å²) in [6.07, 6.45) is 1.73. The first-order chi connectivity index (χ1) is 8.50. The van der Waals surface area contributed by atoms with Crippen molar-refractivity contribution in [2.75, 3.05) is 0 Å². The predicted molar refractivity (Wildman–Crippen MR) is 71.2 cm³/mol. The molecule has 0 aliphatic heterocycles. The third-order valence-corrected chi connectivity index (χ3v) is 3.70. The van der Waals surface area contributed by atoms with E-state index in [9.17, 15) is 4.79 Å². The van der Waals surface area contributed by atoms with Crippen molar-refractivity contribution >= 4 is 21.9 Å². The van der Waals surface area contributed by atoms with Crippen LogP contribution in [0.4, 0.5) is 0 Å². The van der Waals surface area contributed by atoms with E-state index < -0.39 is 0 Å². The molecule has 2 aromatic heterocycles. The first-order valence-corrected chi connectivity index (χ1v) is 5.92. The zero-order valence-corrected chi connectivity index (χ0v) is 10.9. The van der Waals surface area contributed by atoms with Crippen molar-refractivity contribution in [3.8, 4) is 0 Å². The molecule has 0 amide bonds. The van der Waals surface area contributed by atoms with E-state index in [1.807, 2.05) is 26.8 Å². The molecule has 0 aliphatic rings. The number of aryl methyl sites for hydroxylation is 3. The van der Waals surface area contributed by atoms with Gasteiger partial charge in [-0.15, -0.1) is 0 Å². The van der Waals surface area contributed by atoms with E-state index in [1.54, 1.807) is 13.2 Å². The summed E-state index contributed by atoms with van der Waals surface area (Å²) in [6.45, 7) is 7.68. The summed E-state index contributed by atoms with van der Waals surface area (Å²) in [5.41, 5.74) is 4.78. The summed E-state index contributed by atoms with van der Waals surface area (Å²) < 4.78 is 10.9. The van der Waals surface area contributed by atoms with Crippen LogP contribution >= 0.6 is 0 Å². The Labute approximate surface area is 104 Å². The van der Waals surface area contributed by atoms with Gasteiger partial charge in [0.05, 0.1) is 6.26 Å². The highest BCUT2D eigenvalue weighted by atomic mass is 16.4. The average Bonchev–Trinajstić information content (AvgIpc) is 2.71. The lowest BCUT2D eigenvalue weighted by Crippen LogP contribution is -2.06. The minimum absolute atomic E-state index is 0.272. The monoisotopic (exact) mass is 242 g/mol. The van der Waals surface area contributed by atoms with Crippen LogP contribution in [0.1, 0.15) is 22.3 Å². The summed E-state index contributed by atoms with van der Waals surface area (Å²) in [5.74, 6) is 0. The molecule has 92 valence electrons. The molecule has 3 aromatic rings. The second-order valence-corrected chi connectivity index (χ2v) is 4.81. The fourth-order valence-electron chi connectivity index (χ4n) is 2.37. The molecule has 18 heavy (non-hydrogen) atoms. The maximum atomic E-state index is 11.8. The van der Waals surface area contributed by atoms with Gasteiger partial charge in [0.2, 0.25) is 0 Å². The van der Waals surface area contributed by atoms with Gasteiger partial charge in [-0.05, 0) is 44.9 Å². The van der Waals surface area contributed by atoms with Crippen molar-refractivity contribution in [2.45, 2.75) is 27.7 Å². The number of furan rings is 1. The number of rotatable bonds is 0. The minimum atomic E-state index is -0.272. The normalized spacial score (nSPS) is 11.6. The van der Waals surface area contributed by atoms with Crippen molar-refractivity contribution in [1.82, 2.24) is 0 Å². The van der Waals surface area contributed by atoms with Crippen molar-refractivity contribution < 1.29 is 8.83 Å². The van der Waals surface area contributed by atoms with Gasteiger partial charge in [-0.25, -0.2) is 4.79 Å². The van der Waals surface area contributed by atoms with E-state index in [4.69, 9.17) is 8.83 Å². The fraction of sp³-hybridized carbons (Fsp3) is 0.267. The molecule has 3 rings (SSSR count). The van der Waals surface area contributed by atoms with Gasteiger partial charge in [0.25, 0.3) is 0 Å². The number of benzene rings is 1. The molecule has 0 aliphatic carbocycles. The Morgan fingerprint density at radius 2 is 1.61 bits per heavy atom. The third-order valence-electron chi connectivity index (χ3n) is 3.70. The molecule has 0 N–H and O–H groups in total. The van der Waals surface area contributed by atoms with Gasteiger partial charge >= 0.3 is 5.63 Å². The zero-order chi connectivity index (χ0) is 13.0. The van der Waals surface area contributed by atoms with Crippen LogP contribution in [0.25, 0.3) is 21.9 Å². The lowest BCUT2D eigenvalue weighted by molar-refractivity contribution is 0.549. The molecule has 1 aromatic carbocycles. The average molecular weight is 242 g/mol. The second-order valence-electron chi connectivity index (χ2n) is 4.81. The summed E-state index contributed by atoms with van der Waals surface area (Å²) >= 11 is 0. The molecule has 0 unspecified atom stereocenters. The van der Waals surface area contributed by atoms with Crippen molar-refractivity contribution in [2.24, 2.45) is 0 Å². The Morgan fingerprint density at radius 3 is 2.33 bits per heavy atom. The quantitative estimate of drug-likeness (QED) is 0.563. The highest BCUT2D eigenvalue weighted by Gasteiger charge is 2.15. The van der Waals surface area contributed by atoms with Crippen LogP contribution in [-0.4, -0.2) is 0 Å². The Morgan fingerprint density at radius 1 is 0.889 bits per heavy atom. The SMILES string of the molecule is Cc1c(C)c2cc3c(C)coc3c(C)c2oc1=O. The van der Waals surface area contributed by atoms with Gasteiger partial charge < -0.3 is 8.83 Å². The molecule has 0 radical (unpaired) electrons. The van der Waals surface area contributed by atoms with E-state index in [-0.39, 0.29) is 5.63 Å².